The van der Waals surface area contributed by atoms with Gasteiger partial charge in [0.05, 0.1) is 15.5 Å². The van der Waals surface area contributed by atoms with E-state index < -0.39 is 33.0 Å². The lowest BCUT2D eigenvalue weighted by Gasteiger charge is -2.11. The molecule has 132 valence electrons. The number of sulfonamides is 1. The van der Waals surface area contributed by atoms with Crippen LogP contribution in [-0.4, -0.2) is 23.8 Å². The van der Waals surface area contributed by atoms with E-state index in [1.54, 1.807) is 19.1 Å². The first kappa shape index (κ1) is 18.3. The fourth-order valence-corrected chi connectivity index (χ4v) is 3.13. The highest BCUT2D eigenvalue weighted by Gasteiger charge is 2.21. The van der Waals surface area contributed by atoms with Crippen molar-refractivity contribution in [3.05, 3.63) is 68.1 Å². The van der Waals surface area contributed by atoms with Gasteiger partial charge in [-0.2, -0.15) is 0 Å². The summed E-state index contributed by atoms with van der Waals surface area (Å²) in [5.41, 5.74) is -0.177. The Morgan fingerprint density at radius 3 is 2.32 bits per heavy atom. The Kier molecular flexibility index (Phi) is 5.02. The van der Waals surface area contributed by atoms with Gasteiger partial charge in [-0.25, -0.2) is 13.1 Å². The molecule has 0 aliphatic heterocycles. The van der Waals surface area contributed by atoms with E-state index in [9.17, 15) is 28.1 Å². The lowest BCUT2D eigenvalue weighted by Crippen LogP contribution is -2.36. The molecule has 1 aromatic carbocycles. The number of benzene rings is 1. The molecule has 0 bridgehead atoms. The van der Waals surface area contributed by atoms with Crippen molar-refractivity contribution in [2.24, 2.45) is 0 Å². The lowest BCUT2D eigenvalue weighted by atomic mass is 10.2. The van der Waals surface area contributed by atoms with E-state index in [1.807, 2.05) is 4.72 Å². The summed E-state index contributed by atoms with van der Waals surface area (Å²) in [5.74, 6) is -0.980. The van der Waals surface area contributed by atoms with E-state index in [1.165, 1.54) is 19.1 Å². The molecule has 2 rings (SSSR count). The number of amides is 1. The number of aryl methyl sites for hydroxylation is 1. The Bertz CT molecular complexity index is 993. The van der Waals surface area contributed by atoms with Gasteiger partial charge in [-0.05, 0) is 26.0 Å². The number of nitrogens with one attached hydrogen (secondary N) is 1. The van der Waals surface area contributed by atoms with Gasteiger partial charge in [0, 0.05) is 12.1 Å². The van der Waals surface area contributed by atoms with Crippen LogP contribution in [-0.2, 0) is 21.4 Å². The van der Waals surface area contributed by atoms with Crippen LogP contribution in [0.25, 0.3) is 0 Å². The molecule has 1 heterocycles. The molecule has 0 fully saturated rings. The molecular weight excluding hydrogens is 350 g/mol. The lowest BCUT2D eigenvalue weighted by molar-refractivity contribution is -0.386. The molecular formula is C15H15N3O6S. The number of pyridine rings is 1. The largest absolute Gasteiger partial charge is 0.297 e. The predicted octanol–water partition coefficient (Wildman–Crippen LogP) is 0.878. The highest BCUT2D eigenvalue weighted by Crippen LogP contribution is 2.14. The molecule has 2 aromatic rings. The van der Waals surface area contributed by atoms with Crippen molar-refractivity contribution in [2.45, 2.75) is 25.3 Å². The summed E-state index contributed by atoms with van der Waals surface area (Å²) >= 11 is 0. The first-order valence-electron chi connectivity index (χ1n) is 7.09. The minimum absolute atomic E-state index is 0.0413. The van der Waals surface area contributed by atoms with Crippen molar-refractivity contribution in [3.63, 3.8) is 0 Å². The van der Waals surface area contributed by atoms with Crippen LogP contribution in [0.15, 0.2) is 46.1 Å². The number of rotatable bonds is 5. The van der Waals surface area contributed by atoms with E-state index in [-0.39, 0.29) is 16.3 Å². The second-order valence-corrected chi connectivity index (χ2v) is 7.01. The molecule has 0 saturated heterocycles. The van der Waals surface area contributed by atoms with Crippen LogP contribution in [0.4, 0.5) is 5.69 Å². The molecule has 0 radical (unpaired) electrons. The molecule has 0 saturated carbocycles. The third-order valence-corrected chi connectivity index (χ3v) is 4.89. The molecule has 1 aromatic heterocycles. The molecule has 10 heteroatoms. The highest BCUT2D eigenvalue weighted by atomic mass is 32.2. The second kappa shape index (κ2) is 6.85. The van der Waals surface area contributed by atoms with E-state index in [0.717, 1.165) is 22.3 Å². The van der Waals surface area contributed by atoms with Gasteiger partial charge < -0.3 is 0 Å². The number of nitro groups is 1. The number of nitrogens with zero attached hydrogens (tertiary/aromatic N) is 2. The van der Waals surface area contributed by atoms with Crippen molar-refractivity contribution in [1.82, 2.24) is 9.29 Å². The van der Waals surface area contributed by atoms with Crippen LogP contribution < -0.4 is 10.3 Å². The zero-order chi connectivity index (χ0) is 18.8. The molecule has 0 spiro atoms. The van der Waals surface area contributed by atoms with Crippen LogP contribution in [0, 0.1) is 24.0 Å². The van der Waals surface area contributed by atoms with Crippen LogP contribution in [0.5, 0.6) is 0 Å². The van der Waals surface area contributed by atoms with Crippen molar-refractivity contribution in [2.75, 3.05) is 0 Å². The van der Waals surface area contributed by atoms with Gasteiger partial charge in [0.2, 0.25) is 0 Å². The minimum Gasteiger partial charge on any atom is -0.297 e. The Labute approximate surface area is 143 Å². The predicted molar refractivity (Wildman–Crippen MR) is 88.6 cm³/mol. The average Bonchev–Trinajstić information content (AvgIpc) is 2.51. The van der Waals surface area contributed by atoms with Crippen molar-refractivity contribution in [1.29, 1.82) is 0 Å². The molecule has 25 heavy (non-hydrogen) atoms. The molecule has 1 N–H and O–H groups in total. The van der Waals surface area contributed by atoms with Gasteiger partial charge in [0.15, 0.2) is 0 Å². The fourth-order valence-electron chi connectivity index (χ4n) is 2.16. The Morgan fingerprint density at radius 1 is 1.16 bits per heavy atom. The second-order valence-electron chi connectivity index (χ2n) is 5.33. The maximum atomic E-state index is 12.2. The summed E-state index contributed by atoms with van der Waals surface area (Å²) in [6, 6.07) is 7.83. The van der Waals surface area contributed by atoms with E-state index in [0.29, 0.717) is 0 Å². The summed E-state index contributed by atoms with van der Waals surface area (Å²) in [6.45, 7) is 2.44. The van der Waals surface area contributed by atoms with Gasteiger partial charge in [-0.1, -0.05) is 17.7 Å². The van der Waals surface area contributed by atoms with E-state index in [2.05, 4.69) is 0 Å². The summed E-state index contributed by atoms with van der Waals surface area (Å²) in [5, 5.41) is 10.9. The molecule has 0 atom stereocenters. The molecule has 0 aliphatic carbocycles. The molecule has 0 aliphatic rings. The number of hydrogen-bond acceptors (Lipinski definition) is 6. The normalized spacial score (nSPS) is 11.1. The van der Waals surface area contributed by atoms with Gasteiger partial charge in [0.25, 0.3) is 27.2 Å². The maximum absolute atomic E-state index is 12.2. The Hall–Kier alpha value is -3.01. The van der Waals surface area contributed by atoms with Crippen molar-refractivity contribution >= 4 is 21.6 Å². The molecule has 9 nitrogen and oxygen atoms in total. The SMILES string of the molecule is Cc1ccc(S(=O)(=O)NC(=O)Cn2c(C)c([N+](=O)[O-])ccc2=O)cc1. The topological polar surface area (TPSA) is 128 Å². The third-order valence-electron chi connectivity index (χ3n) is 3.50. The monoisotopic (exact) mass is 365 g/mol. The Balaban J connectivity index is 2.26. The molecule has 0 unspecified atom stereocenters. The maximum Gasteiger partial charge on any atom is 0.288 e. The molecule has 1 amide bonds. The number of hydrogen-bond donors (Lipinski definition) is 1. The summed E-state index contributed by atoms with van der Waals surface area (Å²) in [4.78, 5) is 34.0. The fraction of sp³-hybridized carbons (Fsp3) is 0.200. The number of aromatic nitrogens is 1. The van der Waals surface area contributed by atoms with Crippen molar-refractivity contribution in [3.8, 4) is 0 Å². The Morgan fingerprint density at radius 2 is 1.76 bits per heavy atom. The van der Waals surface area contributed by atoms with Crippen molar-refractivity contribution < 1.29 is 18.1 Å². The van der Waals surface area contributed by atoms with Gasteiger partial charge in [-0.15, -0.1) is 0 Å². The van der Waals surface area contributed by atoms with E-state index in [4.69, 9.17) is 0 Å². The highest BCUT2D eigenvalue weighted by molar-refractivity contribution is 7.90. The summed E-state index contributed by atoms with van der Waals surface area (Å²) in [6.07, 6.45) is 0. The van der Waals surface area contributed by atoms with Crippen LogP contribution in [0.1, 0.15) is 11.3 Å². The zero-order valence-corrected chi connectivity index (χ0v) is 14.2. The quantitative estimate of drug-likeness (QED) is 0.618. The summed E-state index contributed by atoms with van der Waals surface area (Å²) < 4.78 is 27.0. The van der Waals surface area contributed by atoms with Gasteiger partial charge in [-0.3, -0.25) is 24.3 Å². The van der Waals surface area contributed by atoms with Crippen LogP contribution >= 0.6 is 0 Å². The van der Waals surface area contributed by atoms with E-state index >= 15 is 0 Å². The van der Waals surface area contributed by atoms with Gasteiger partial charge >= 0.3 is 0 Å². The smallest absolute Gasteiger partial charge is 0.288 e. The first-order valence-corrected chi connectivity index (χ1v) is 8.57. The third kappa shape index (κ3) is 4.10. The standard InChI is InChI=1S/C15H15N3O6S/c1-10-3-5-12(6-4-10)25(23,24)16-14(19)9-17-11(2)13(18(21)22)7-8-15(17)20/h3-8H,9H2,1-2H3,(H,16,19). The zero-order valence-electron chi connectivity index (χ0n) is 13.4. The minimum atomic E-state index is -4.10. The van der Waals surface area contributed by atoms with Gasteiger partial charge in [0.1, 0.15) is 6.54 Å². The summed E-state index contributed by atoms with van der Waals surface area (Å²) in [7, 11) is -4.10. The van der Waals surface area contributed by atoms with Crippen LogP contribution in [0.2, 0.25) is 0 Å². The van der Waals surface area contributed by atoms with Crippen LogP contribution in [0.3, 0.4) is 0 Å². The average molecular weight is 365 g/mol. The number of carbonyl (C=O) groups excluding carboxylic acids is 1. The number of carbonyl (C=O) groups is 1. The first-order chi connectivity index (χ1) is 11.6.